The molecule has 0 bridgehead atoms. The number of nitrogens with one attached hydrogen (secondary N) is 1. The molecule has 0 aliphatic rings. The highest BCUT2D eigenvalue weighted by atomic mass is 32.1. The molecule has 0 radical (unpaired) electrons. The van der Waals surface area contributed by atoms with E-state index in [1.165, 1.54) is 11.6 Å². The zero-order valence-electron chi connectivity index (χ0n) is 11.7. The van der Waals surface area contributed by atoms with Crippen LogP contribution >= 0.6 is 11.3 Å². The molecule has 1 amide bonds. The van der Waals surface area contributed by atoms with Crippen LogP contribution in [0.2, 0.25) is 0 Å². The Kier molecular flexibility index (Phi) is 6.24. The third-order valence-electron chi connectivity index (χ3n) is 3.25. The van der Waals surface area contributed by atoms with Crippen molar-refractivity contribution in [1.29, 1.82) is 0 Å². The second-order valence-corrected chi connectivity index (χ2v) is 5.52. The molecule has 0 aromatic carbocycles. The molecule has 1 atom stereocenters. The number of carbonyl (C=O) groups is 1. The van der Waals surface area contributed by atoms with Gasteiger partial charge in [0, 0.05) is 24.8 Å². The molecule has 0 aliphatic heterocycles. The maximum absolute atomic E-state index is 11.7. The highest BCUT2D eigenvalue weighted by Gasteiger charge is 2.11. The fraction of sp³-hybridized carbons (Fsp3) is 0.312. The molecule has 4 nitrogen and oxygen atoms in total. The Morgan fingerprint density at radius 2 is 2.33 bits per heavy atom. The first-order chi connectivity index (χ1) is 10.3. The number of aliphatic hydroxyl groups excluding tert-OH is 1. The Morgan fingerprint density at radius 1 is 1.43 bits per heavy atom. The molecule has 1 unspecified atom stereocenters. The summed E-state index contributed by atoms with van der Waals surface area (Å²) in [4.78, 5) is 11.7. The van der Waals surface area contributed by atoms with Gasteiger partial charge in [-0.1, -0.05) is 0 Å². The summed E-state index contributed by atoms with van der Waals surface area (Å²) in [7, 11) is 0. The minimum absolute atomic E-state index is 0.121. The topological polar surface area (TPSA) is 62.5 Å². The van der Waals surface area contributed by atoms with Gasteiger partial charge >= 0.3 is 0 Å². The van der Waals surface area contributed by atoms with Crippen LogP contribution in [0.4, 0.5) is 0 Å². The predicted molar refractivity (Wildman–Crippen MR) is 84.1 cm³/mol. The molecule has 0 aliphatic carbocycles. The molecule has 5 heteroatoms. The Labute approximate surface area is 128 Å². The average molecular weight is 305 g/mol. The van der Waals surface area contributed by atoms with Crippen molar-refractivity contribution in [3.05, 3.63) is 52.6 Å². The molecular formula is C16H19NO3S. The summed E-state index contributed by atoms with van der Waals surface area (Å²) in [6.45, 7) is 0.754. The van der Waals surface area contributed by atoms with E-state index in [0.717, 1.165) is 18.4 Å². The largest absolute Gasteiger partial charge is 0.472 e. The molecule has 2 rings (SSSR count). The molecule has 0 saturated heterocycles. The van der Waals surface area contributed by atoms with Crippen LogP contribution in [0.1, 0.15) is 29.9 Å². The molecule has 2 aromatic heterocycles. The van der Waals surface area contributed by atoms with Crippen molar-refractivity contribution >= 4 is 23.3 Å². The first kappa shape index (κ1) is 15.5. The smallest absolute Gasteiger partial charge is 0.244 e. The molecular weight excluding hydrogens is 286 g/mol. The number of amides is 1. The number of carbonyl (C=O) groups excluding carboxylic acids is 1. The Morgan fingerprint density at radius 3 is 3.00 bits per heavy atom. The summed E-state index contributed by atoms with van der Waals surface area (Å²) >= 11 is 1.65. The van der Waals surface area contributed by atoms with Crippen molar-refractivity contribution in [3.63, 3.8) is 0 Å². The number of rotatable bonds is 8. The van der Waals surface area contributed by atoms with Gasteiger partial charge in [0.25, 0.3) is 0 Å². The number of hydrogen-bond acceptors (Lipinski definition) is 4. The second-order valence-electron chi connectivity index (χ2n) is 4.74. The van der Waals surface area contributed by atoms with Gasteiger partial charge in [-0.25, -0.2) is 0 Å². The lowest BCUT2D eigenvalue weighted by atomic mass is 9.95. The number of aliphatic hydroxyl groups is 1. The van der Waals surface area contributed by atoms with Gasteiger partial charge in [-0.15, -0.1) is 0 Å². The van der Waals surface area contributed by atoms with Gasteiger partial charge in [-0.05, 0) is 53.3 Å². The zero-order valence-corrected chi connectivity index (χ0v) is 12.5. The van der Waals surface area contributed by atoms with E-state index in [1.807, 2.05) is 5.38 Å². The fourth-order valence-corrected chi connectivity index (χ4v) is 2.85. The predicted octanol–water partition coefficient (Wildman–Crippen LogP) is 3.03. The van der Waals surface area contributed by atoms with Crippen molar-refractivity contribution in [3.8, 4) is 0 Å². The molecule has 0 spiro atoms. The minimum atomic E-state index is -0.121. The standard InChI is InChI=1S/C16H19NO3S/c18-8-4-14(15-6-10-21-12-15)3-7-17-16(19)2-1-13-5-9-20-11-13/h1-2,5-6,9-12,14,18H,3-4,7-8H2,(H,17,19)/b2-1+. The van der Waals surface area contributed by atoms with Gasteiger partial charge in [0.05, 0.1) is 12.5 Å². The molecule has 0 saturated carbocycles. The highest BCUT2D eigenvalue weighted by molar-refractivity contribution is 7.07. The van der Waals surface area contributed by atoms with Crippen LogP contribution in [-0.4, -0.2) is 24.2 Å². The van der Waals surface area contributed by atoms with Crippen LogP contribution < -0.4 is 5.32 Å². The van der Waals surface area contributed by atoms with Gasteiger partial charge in [0.15, 0.2) is 0 Å². The Bertz CT molecular complexity index is 546. The van der Waals surface area contributed by atoms with Crippen molar-refractivity contribution in [1.82, 2.24) is 5.32 Å². The summed E-state index contributed by atoms with van der Waals surface area (Å²) in [5, 5.41) is 16.1. The number of thiophene rings is 1. The van der Waals surface area contributed by atoms with Crippen LogP contribution in [0.15, 0.2) is 45.9 Å². The number of hydrogen-bond donors (Lipinski definition) is 2. The SMILES string of the molecule is O=C(/C=C/c1ccoc1)NCCC(CCO)c1ccsc1. The van der Waals surface area contributed by atoms with E-state index >= 15 is 0 Å². The maximum atomic E-state index is 11.7. The van der Waals surface area contributed by atoms with Gasteiger partial charge in [0.2, 0.25) is 5.91 Å². The monoisotopic (exact) mass is 305 g/mol. The highest BCUT2D eigenvalue weighted by Crippen LogP contribution is 2.24. The minimum Gasteiger partial charge on any atom is -0.472 e. The third kappa shape index (κ3) is 5.21. The summed E-state index contributed by atoms with van der Waals surface area (Å²) < 4.78 is 4.92. The Balaban J connectivity index is 1.75. The van der Waals surface area contributed by atoms with Crippen LogP contribution in [0.25, 0.3) is 6.08 Å². The lowest BCUT2D eigenvalue weighted by Crippen LogP contribution is -2.23. The molecule has 2 aromatic rings. The molecule has 0 fully saturated rings. The molecule has 21 heavy (non-hydrogen) atoms. The van der Waals surface area contributed by atoms with E-state index in [1.54, 1.807) is 36.0 Å². The number of furan rings is 1. The summed E-state index contributed by atoms with van der Waals surface area (Å²) in [5.74, 6) is 0.170. The van der Waals surface area contributed by atoms with Crippen molar-refractivity contribution < 1.29 is 14.3 Å². The normalized spacial score (nSPS) is 12.6. The molecule has 112 valence electrons. The first-order valence-corrected chi connectivity index (χ1v) is 7.85. The van der Waals surface area contributed by atoms with Crippen molar-refractivity contribution in [2.45, 2.75) is 18.8 Å². The van der Waals surface area contributed by atoms with Gasteiger partial charge < -0.3 is 14.8 Å². The van der Waals surface area contributed by atoms with Crippen LogP contribution in [0.5, 0.6) is 0 Å². The first-order valence-electron chi connectivity index (χ1n) is 6.90. The fourth-order valence-electron chi connectivity index (χ4n) is 2.11. The van der Waals surface area contributed by atoms with Crippen molar-refractivity contribution in [2.75, 3.05) is 13.2 Å². The average Bonchev–Trinajstić information content (AvgIpc) is 3.17. The summed E-state index contributed by atoms with van der Waals surface area (Å²) in [6, 6.07) is 3.86. The van der Waals surface area contributed by atoms with E-state index in [9.17, 15) is 4.79 Å². The van der Waals surface area contributed by atoms with Crippen LogP contribution in [-0.2, 0) is 4.79 Å². The lowest BCUT2D eigenvalue weighted by Gasteiger charge is -2.14. The van der Waals surface area contributed by atoms with E-state index < -0.39 is 0 Å². The molecule has 2 heterocycles. The van der Waals surface area contributed by atoms with Gasteiger partial charge in [0.1, 0.15) is 0 Å². The quantitative estimate of drug-likeness (QED) is 0.737. The molecule has 2 N–H and O–H groups in total. The third-order valence-corrected chi connectivity index (χ3v) is 3.96. The van der Waals surface area contributed by atoms with E-state index in [0.29, 0.717) is 12.5 Å². The second kappa shape index (κ2) is 8.44. The van der Waals surface area contributed by atoms with Crippen molar-refractivity contribution in [2.24, 2.45) is 0 Å². The van der Waals surface area contributed by atoms with E-state index in [2.05, 4.69) is 16.8 Å². The van der Waals surface area contributed by atoms with Gasteiger partial charge in [-0.2, -0.15) is 11.3 Å². The Hall–Kier alpha value is -1.85. The zero-order chi connectivity index (χ0) is 14.9. The van der Waals surface area contributed by atoms with E-state index in [4.69, 9.17) is 9.52 Å². The summed E-state index contributed by atoms with van der Waals surface area (Å²) in [6.07, 6.45) is 7.90. The van der Waals surface area contributed by atoms with E-state index in [-0.39, 0.29) is 12.5 Å². The summed E-state index contributed by atoms with van der Waals surface area (Å²) in [5.41, 5.74) is 2.10. The lowest BCUT2D eigenvalue weighted by molar-refractivity contribution is -0.116. The van der Waals surface area contributed by atoms with Gasteiger partial charge in [-0.3, -0.25) is 4.79 Å². The van der Waals surface area contributed by atoms with Crippen LogP contribution in [0, 0.1) is 0 Å². The van der Waals surface area contributed by atoms with Crippen LogP contribution in [0.3, 0.4) is 0 Å². The maximum Gasteiger partial charge on any atom is 0.244 e.